The van der Waals surface area contributed by atoms with Crippen molar-refractivity contribution in [2.24, 2.45) is 0 Å². The van der Waals surface area contributed by atoms with Crippen molar-refractivity contribution in [3.05, 3.63) is 64.9 Å². The average molecular weight is 399 g/mol. The maximum atomic E-state index is 10.6. The number of aliphatic hydroxyl groups excluding tert-OH is 1. The topological polar surface area (TPSA) is 47.3 Å². The highest BCUT2D eigenvalue weighted by molar-refractivity contribution is 6.30. The third kappa shape index (κ3) is 4.57. The molecule has 2 aromatic carbocycles. The Hall–Kier alpha value is -1.88. The highest BCUT2D eigenvalue weighted by atomic mass is 35.5. The van der Waals surface area contributed by atoms with Gasteiger partial charge in [0.15, 0.2) is 0 Å². The zero-order valence-electron chi connectivity index (χ0n) is 16.1. The first-order valence-corrected chi connectivity index (χ1v) is 10.5. The van der Waals surface area contributed by atoms with Gasteiger partial charge < -0.3 is 14.4 Å². The molecule has 4 rings (SSSR count). The van der Waals surface area contributed by atoms with Gasteiger partial charge in [0.05, 0.1) is 36.9 Å². The van der Waals surface area contributed by atoms with Gasteiger partial charge in [0, 0.05) is 10.9 Å². The van der Waals surface area contributed by atoms with Gasteiger partial charge >= 0.3 is 0 Å². The van der Waals surface area contributed by atoms with E-state index in [1.165, 1.54) is 32.1 Å². The molecular weight excluding hydrogens is 372 g/mol. The van der Waals surface area contributed by atoms with Gasteiger partial charge in [-0.15, -0.1) is 0 Å². The summed E-state index contributed by atoms with van der Waals surface area (Å²) in [6, 6.07) is 15.8. The second kappa shape index (κ2) is 9.08. The third-order valence-corrected chi connectivity index (χ3v) is 5.79. The van der Waals surface area contributed by atoms with Crippen molar-refractivity contribution in [3.8, 4) is 0 Å². The molecule has 1 N–H and O–H groups in total. The normalized spacial score (nSPS) is 16.5. The maximum Gasteiger partial charge on any atom is 0.113 e. The molecule has 0 bridgehead atoms. The number of fused-ring (bicyclic) bond motifs is 1. The zero-order valence-corrected chi connectivity index (χ0v) is 16.8. The molecule has 1 aliphatic rings. The second-order valence-electron chi connectivity index (χ2n) is 7.70. The van der Waals surface area contributed by atoms with Crippen LogP contribution in [0.2, 0.25) is 5.02 Å². The van der Waals surface area contributed by atoms with E-state index in [2.05, 4.69) is 16.7 Å². The molecule has 4 nitrogen and oxygen atoms in total. The van der Waals surface area contributed by atoms with Gasteiger partial charge in [-0.25, -0.2) is 4.98 Å². The van der Waals surface area contributed by atoms with E-state index in [1.54, 1.807) is 0 Å². The number of ether oxygens (including phenoxy) is 1. The van der Waals surface area contributed by atoms with Crippen LogP contribution in [-0.2, 0) is 17.9 Å². The van der Waals surface area contributed by atoms with Crippen LogP contribution in [0.25, 0.3) is 11.0 Å². The minimum absolute atomic E-state index is 0.291. The second-order valence-corrected chi connectivity index (χ2v) is 8.14. The van der Waals surface area contributed by atoms with Crippen LogP contribution in [0, 0.1) is 0 Å². The zero-order chi connectivity index (χ0) is 19.3. The number of benzene rings is 2. The van der Waals surface area contributed by atoms with Crippen molar-refractivity contribution >= 4 is 22.6 Å². The van der Waals surface area contributed by atoms with Crippen LogP contribution in [0.1, 0.15) is 49.4 Å². The molecule has 1 unspecified atom stereocenters. The number of imidazole rings is 1. The number of hydrogen-bond donors (Lipinski definition) is 1. The largest absolute Gasteiger partial charge is 0.389 e. The van der Waals surface area contributed by atoms with Crippen LogP contribution in [0.15, 0.2) is 48.5 Å². The number of nitrogens with zero attached hydrogens (tertiary/aromatic N) is 2. The van der Waals surface area contributed by atoms with Gasteiger partial charge in [0.2, 0.25) is 0 Å². The van der Waals surface area contributed by atoms with Gasteiger partial charge in [-0.05, 0) is 42.7 Å². The Balaban J connectivity index is 1.44. The molecule has 5 heteroatoms. The number of hydrogen-bond acceptors (Lipinski definition) is 3. The minimum atomic E-state index is -0.577. The first kappa shape index (κ1) is 19.4. The van der Waals surface area contributed by atoms with Crippen molar-refractivity contribution in [3.63, 3.8) is 0 Å². The quantitative estimate of drug-likeness (QED) is 0.586. The van der Waals surface area contributed by atoms with Crippen molar-refractivity contribution in [2.45, 2.75) is 57.3 Å². The van der Waals surface area contributed by atoms with E-state index < -0.39 is 6.10 Å². The Morgan fingerprint density at radius 1 is 1.07 bits per heavy atom. The summed E-state index contributed by atoms with van der Waals surface area (Å²) >= 11 is 5.91. The highest BCUT2D eigenvalue weighted by Gasteiger charge is 2.23. The molecule has 148 valence electrons. The molecule has 1 atom stereocenters. The van der Waals surface area contributed by atoms with E-state index in [0.717, 1.165) is 22.4 Å². The molecule has 3 aromatic rings. The third-order valence-electron chi connectivity index (χ3n) is 5.54. The molecule has 1 aliphatic carbocycles. The van der Waals surface area contributed by atoms with E-state index in [4.69, 9.17) is 21.3 Å². The average Bonchev–Trinajstić information content (AvgIpc) is 3.09. The molecule has 1 saturated carbocycles. The fourth-order valence-corrected chi connectivity index (χ4v) is 4.24. The first-order valence-electron chi connectivity index (χ1n) is 10.2. The van der Waals surface area contributed by atoms with Gasteiger partial charge in [-0.1, -0.05) is 55.1 Å². The van der Waals surface area contributed by atoms with E-state index in [-0.39, 0.29) is 0 Å². The monoisotopic (exact) mass is 398 g/mol. The van der Waals surface area contributed by atoms with Gasteiger partial charge in [0.1, 0.15) is 5.82 Å². The first-order chi connectivity index (χ1) is 13.7. The van der Waals surface area contributed by atoms with Crippen LogP contribution >= 0.6 is 11.6 Å². The molecular formula is C23H27ClN2O2. The summed E-state index contributed by atoms with van der Waals surface area (Å²) in [7, 11) is 0. The van der Waals surface area contributed by atoms with E-state index >= 15 is 0 Å². The maximum absolute atomic E-state index is 10.6. The molecule has 1 aromatic heterocycles. The molecule has 0 radical (unpaired) electrons. The van der Waals surface area contributed by atoms with Crippen molar-refractivity contribution < 1.29 is 9.84 Å². The summed E-state index contributed by atoms with van der Waals surface area (Å²) in [5, 5.41) is 11.3. The summed E-state index contributed by atoms with van der Waals surface area (Å²) in [6.07, 6.45) is 5.64. The Kier molecular flexibility index (Phi) is 6.30. The predicted octanol–water partition coefficient (Wildman–Crippen LogP) is 5.32. The van der Waals surface area contributed by atoms with Gasteiger partial charge in [-0.3, -0.25) is 0 Å². The van der Waals surface area contributed by atoms with Crippen LogP contribution in [-0.4, -0.2) is 27.4 Å². The highest BCUT2D eigenvalue weighted by Crippen LogP contribution is 2.34. The lowest BCUT2D eigenvalue weighted by atomic mass is 9.88. The molecule has 0 saturated heterocycles. The van der Waals surface area contributed by atoms with Crippen molar-refractivity contribution in [1.29, 1.82) is 0 Å². The van der Waals surface area contributed by atoms with Crippen molar-refractivity contribution in [2.75, 3.05) is 6.61 Å². The van der Waals surface area contributed by atoms with Crippen LogP contribution in [0.3, 0.4) is 0 Å². The van der Waals surface area contributed by atoms with Crippen LogP contribution < -0.4 is 0 Å². The molecule has 28 heavy (non-hydrogen) atoms. The smallest absolute Gasteiger partial charge is 0.113 e. The minimum Gasteiger partial charge on any atom is -0.389 e. The summed E-state index contributed by atoms with van der Waals surface area (Å²) in [5.41, 5.74) is 3.16. The molecule has 1 fully saturated rings. The number of para-hydroxylation sites is 2. The molecule has 1 heterocycles. The van der Waals surface area contributed by atoms with Gasteiger partial charge in [-0.2, -0.15) is 0 Å². The predicted molar refractivity (Wildman–Crippen MR) is 113 cm³/mol. The summed E-state index contributed by atoms with van der Waals surface area (Å²) in [4.78, 5) is 4.92. The number of aliphatic hydroxyl groups is 1. The number of rotatable bonds is 7. The summed E-state index contributed by atoms with van der Waals surface area (Å²) < 4.78 is 7.95. The molecule has 0 amide bonds. The van der Waals surface area contributed by atoms with Crippen LogP contribution in [0.5, 0.6) is 0 Å². The standard InChI is InChI=1S/C23H27ClN2O2/c24-19-12-10-17(11-13-19)15-28-16-20(27)14-26-22-9-5-4-8-21(22)25-23(26)18-6-2-1-3-7-18/h4-5,8-13,18,20,27H,1-3,6-7,14-16H2. The van der Waals surface area contributed by atoms with E-state index in [1.807, 2.05) is 36.4 Å². The Morgan fingerprint density at radius 2 is 1.82 bits per heavy atom. The number of halogens is 1. The lowest BCUT2D eigenvalue weighted by Crippen LogP contribution is -2.24. The van der Waals surface area contributed by atoms with E-state index in [9.17, 15) is 5.11 Å². The van der Waals surface area contributed by atoms with Crippen molar-refractivity contribution in [1.82, 2.24) is 9.55 Å². The Bertz CT molecular complexity index is 901. The fraction of sp³-hybridized carbons (Fsp3) is 0.435. The summed E-state index contributed by atoms with van der Waals surface area (Å²) in [6.45, 7) is 1.26. The Labute approximate surface area is 171 Å². The fourth-order valence-electron chi connectivity index (χ4n) is 4.12. The molecule has 0 aliphatic heterocycles. The van der Waals surface area contributed by atoms with Gasteiger partial charge in [0.25, 0.3) is 0 Å². The Morgan fingerprint density at radius 3 is 2.61 bits per heavy atom. The van der Waals surface area contributed by atoms with E-state index in [0.29, 0.717) is 30.7 Å². The SMILES string of the molecule is OC(COCc1ccc(Cl)cc1)Cn1c(C2CCCCC2)nc2ccccc21. The van der Waals surface area contributed by atoms with Crippen LogP contribution in [0.4, 0.5) is 0 Å². The molecule has 0 spiro atoms. The lowest BCUT2D eigenvalue weighted by molar-refractivity contribution is 0.0203. The number of aromatic nitrogens is 2. The lowest BCUT2D eigenvalue weighted by Gasteiger charge is -2.23. The summed E-state index contributed by atoms with van der Waals surface area (Å²) in [5.74, 6) is 1.61.